The number of urea groups is 1. The summed E-state index contributed by atoms with van der Waals surface area (Å²) >= 11 is 0. The van der Waals surface area contributed by atoms with Crippen molar-refractivity contribution in [3.8, 4) is 0 Å². The molecule has 2 fully saturated rings. The topological polar surface area (TPSA) is 70.5 Å². The molecule has 2 saturated heterocycles. The zero-order valence-electron chi connectivity index (χ0n) is 12.7. The van der Waals surface area contributed by atoms with E-state index in [1.807, 2.05) is 29.5 Å². The average Bonchev–Trinajstić information content (AvgIpc) is 2.86. The number of rotatable bonds is 3. The van der Waals surface area contributed by atoms with Crippen LogP contribution in [0.1, 0.15) is 17.8 Å². The summed E-state index contributed by atoms with van der Waals surface area (Å²) < 4.78 is 1.87. The van der Waals surface area contributed by atoms with E-state index in [1.54, 1.807) is 11.9 Å². The van der Waals surface area contributed by atoms with Crippen molar-refractivity contribution in [3.05, 3.63) is 17.5 Å². The number of carbonyl (C=O) groups is 2. The Labute approximate surface area is 123 Å². The first-order valence-corrected chi connectivity index (χ1v) is 7.22. The lowest BCUT2D eigenvalue weighted by atomic mass is 9.89. The molecule has 1 aromatic heterocycles. The van der Waals surface area contributed by atoms with Crippen LogP contribution in [0, 0.1) is 13.8 Å². The largest absolute Gasteiger partial charge is 0.338 e. The first kappa shape index (κ1) is 13.9. The minimum atomic E-state index is -0.190. The molecule has 114 valence electrons. The molecule has 0 saturated carbocycles. The maximum atomic E-state index is 12.2. The molecule has 2 aliphatic rings. The third-order valence-corrected chi connectivity index (χ3v) is 4.55. The molecule has 2 aliphatic heterocycles. The number of nitrogens with zero attached hydrogens (tertiary/aromatic N) is 4. The van der Waals surface area contributed by atoms with E-state index in [-0.39, 0.29) is 17.5 Å². The van der Waals surface area contributed by atoms with Gasteiger partial charge in [0.2, 0.25) is 5.91 Å². The van der Waals surface area contributed by atoms with E-state index >= 15 is 0 Å². The maximum absolute atomic E-state index is 12.2. The lowest BCUT2D eigenvalue weighted by molar-refractivity contribution is -0.142. The Morgan fingerprint density at radius 1 is 1.43 bits per heavy atom. The van der Waals surface area contributed by atoms with Crippen molar-refractivity contribution in [1.29, 1.82) is 0 Å². The summed E-state index contributed by atoms with van der Waals surface area (Å²) in [5, 5.41) is 7.19. The third kappa shape index (κ3) is 2.26. The Bertz CT molecular complexity index is 588. The molecule has 7 nitrogen and oxygen atoms in total. The number of aryl methyl sites for hydroxylation is 3. The van der Waals surface area contributed by atoms with E-state index < -0.39 is 0 Å². The van der Waals surface area contributed by atoms with Gasteiger partial charge in [0.25, 0.3) is 0 Å². The van der Waals surface area contributed by atoms with Crippen LogP contribution in [0.3, 0.4) is 0 Å². The SMILES string of the molecule is Cc1cc(C)n(CCC(=O)N2CC3(CNC(=O)N3C)C2)n1. The van der Waals surface area contributed by atoms with Crippen LogP contribution in [-0.2, 0) is 11.3 Å². The Kier molecular flexibility index (Phi) is 3.15. The number of hydrogen-bond acceptors (Lipinski definition) is 3. The molecule has 0 bridgehead atoms. The predicted molar refractivity (Wildman–Crippen MR) is 76.8 cm³/mol. The van der Waals surface area contributed by atoms with Gasteiger partial charge in [0.1, 0.15) is 0 Å². The van der Waals surface area contributed by atoms with E-state index in [2.05, 4.69) is 10.4 Å². The van der Waals surface area contributed by atoms with Crippen LogP contribution in [0.25, 0.3) is 0 Å². The predicted octanol–water partition coefficient (Wildman–Crippen LogP) is 0.126. The second-order valence-corrected chi connectivity index (χ2v) is 6.09. The molecule has 0 aliphatic carbocycles. The number of carbonyl (C=O) groups excluding carboxylic acids is 2. The Hall–Kier alpha value is -2.05. The zero-order chi connectivity index (χ0) is 15.2. The first-order chi connectivity index (χ1) is 9.91. The fourth-order valence-corrected chi connectivity index (χ4v) is 3.12. The van der Waals surface area contributed by atoms with Gasteiger partial charge in [0.15, 0.2) is 0 Å². The summed E-state index contributed by atoms with van der Waals surface area (Å²) in [6, 6.07) is 1.96. The van der Waals surface area contributed by atoms with E-state index in [0.29, 0.717) is 32.6 Å². The molecule has 3 heterocycles. The Morgan fingerprint density at radius 2 is 2.14 bits per heavy atom. The molecule has 1 aromatic rings. The number of likely N-dealkylation sites (N-methyl/N-ethyl adjacent to an activating group) is 1. The molecule has 0 atom stereocenters. The quantitative estimate of drug-likeness (QED) is 0.860. The van der Waals surface area contributed by atoms with E-state index in [4.69, 9.17) is 0 Å². The van der Waals surface area contributed by atoms with Gasteiger partial charge in [0, 0.05) is 45.3 Å². The standard InChI is InChI=1S/C14H21N5O2/c1-10-6-11(2)19(16-10)5-4-12(20)18-8-14(9-18)7-15-13(21)17(14)3/h6H,4-5,7-9H2,1-3H3,(H,15,21). The number of aromatic nitrogens is 2. The molecular weight excluding hydrogens is 270 g/mol. The van der Waals surface area contributed by atoms with Crippen LogP contribution < -0.4 is 5.32 Å². The number of hydrogen-bond donors (Lipinski definition) is 1. The monoisotopic (exact) mass is 291 g/mol. The summed E-state index contributed by atoms with van der Waals surface area (Å²) in [6.45, 7) is 6.42. The highest BCUT2D eigenvalue weighted by Crippen LogP contribution is 2.30. The van der Waals surface area contributed by atoms with Crippen LogP contribution >= 0.6 is 0 Å². The molecular formula is C14H21N5O2. The molecule has 0 unspecified atom stereocenters. The summed E-state index contributed by atoms with van der Waals surface area (Å²) in [5.41, 5.74) is 1.86. The number of amides is 3. The van der Waals surface area contributed by atoms with Gasteiger partial charge in [-0.1, -0.05) is 0 Å². The van der Waals surface area contributed by atoms with E-state index in [9.17, 15) is 9.59 Å². The Morgan fingerprint density at radius 3 is 2.67 bits per heavy atom. The summed E-state index contributed by atoms with van der Waals surface area (Å²) in [7, 11) is 1.79. The van der Waals surface area contributed by atoms with Gasteiger partial charge >= 0.3 is 6.03 Å². The number of likely N-dealkylation sites (tertiary alicyclic amines) is 1. The van der Waals surface area contributed by atoms with Crippen molar-refractivity contribution < 1.29 is 9.59 Å². The van der Waals surface area contributed by atoms with Gasteiger partial charge in [-0.15, -0.1) is 0 Å². The van der Waals surface area contributed by atoms with E-state index in [0.717, 1.165) is 11.4 Å². The van der Waals surface area contributed by atoms with Gasteiger partial charge in [-0.25, -0.2) is 4.79 Å². The van der Waals surface area contributed by atoms with Gasteiger partial charge < -0.3 is 15.1 Å². The highest BCUT2D eigenvalue weighted by Gasteiger charge is 2.53. The molecule has 7 heteroatoms. The summed E-state index contributed by atoms with van der Waals surface area (Å²) in [5.74, 6) is 0.126. The molecule has 0 radical (unpaired) electrons. The average molecular weight is 291 g/mol. The second kappa shape index (κ2) is 4.75. The van der Waals surface area contributed by atoms with Crippen molar-refractivity contribution in [2.75, 3.05) is 26.7 Å². The number of nitrogens with one attached hydrogen (secondary N) is 1. The first-order valence-electron chi connectivity index (χ1n) is 7.22. The highest BCUT2D eigenvalue weighted by molar-refractivity contribution is 5.81. The second-order valence-electron chi connectivity index (χ2n) is 6.09. The van der Waals surface area contributed by atoms with Gasteiger partial charge in [-0.05, 0) is 19.9 Å². The third-order valence-electron chi connectivity index (χ3n) is 4.55. The summed E-state index contributed by atoms with van der Waals surface area (Å²) in [6.07, 6.45) is 0.448. The smallest absolute Gasteiger partial charge is 0.317 e. The molecule has 3 rings (SSSR count). The molecule has 3 amide bonds. The maximum Gasteiger partial charge on any atom is 0.317 e. The van der Waals surface area contributed by atoms with E-state index in [1.165, 1.54) is 0 Å². The zero-order valence-corrected chi connectivity index (χ0v) is 12.7. The molecule has 21 heavy (non-hydrogen) atoms. The highest BCUT2D eigenvalue weighted by atomic mass is 16.2. The fraction of sp³-hybridized carbons (Fsp3) is 0.643. The van der Waals surface area contributed by atoms with Crippen LogP contribution in [0.5, 0.6) is 0 Å². The van der Waals surface area contributed by atoms with Crippen molar-refractivity contribution >= 4 is 11.9 Å². The van der Waals surface area contributed by atoms with Crippen molar-refractivity contribution in [2.24, 2.45) is 0 Å². The van der Waals surface area contributed by atoms with Gasteiger partial charge in [-0.2, -0.15) is 5.10 Å². The van der Waals surface area contributed by atoms with Crippen LogP contribution in [0.2, 0.25) is 0 Å². The lowest BCUT2D eigenvalue weighted by Crippen LogP contribution is -2.70. The van der Waals surface area contributed by atoms with Crippen LogP contribution in [0.4, 0.5) is 4.79 Å². The fourth-order valence-electron chi connectivity index (χ4n) is 3.12. The summed E-state index contributed by atoms with van der Waals surface area (Å²) in [4.78, 5) is 27.3. The van der Waals surface area contributed by atoms with Gasteiger partial charge in [0.05, 0.1) is 11.2 Å². The van der Waals surface area contributed by atoms with Crippen molar-refractivity contribution in [2.45, 2.75) is 32.4 Å². The minimum Gasteiger partial charge on any atom is -0.338 e. The normalized spacial score (nSPS) is 19.9. The lowest BCUT2D eigenvalue weighted by Gasteiger charge is -2.50. The van der Waals surface area contributed by atoms with Crippen LogP contribution in [0.15, 0.2) is 6.07 Å². The molecule has 0 aromatic carbocycles. The van der Waals surface area contributed by atoms with Crippen molar-refractivity contribution in [1.82, 2.24) is 24.9 Å². The minimum absolute atomic E-state index is 0.0512. The van der Waals surface area contributed by atoms with Gasteiger partial charge in [-0.3, -0.25) is 9.48 Å². The Balaban J connectivity index is 1.52. The van der Waals surface area contributed by atoms with Crippen molar-refractivity contribution in [3.63, 3.8) is 0 Å². The van der Waals surface area contributed by atoms with Crippen LogP contribution in [-0.4, -0.2) is 63.7 Å². The molecule has 1 spiro atoms. The molecule has 1 N–H and O–H groups in total.